The number of quaternary nitrogens is 1. The molecule has 0 radical (unpaired) electrons. The zero-order chi connectivity index (χ0) is 11.8. The molecular weight excluding hydrogens is 208 g/mol. The van der Waals surface area contributed by atoms with E-state index in [1.807, 2.05) is 0 Å². The Morgan fingerprint density at radius 3 is 2.50 bits per heavy atom. The molecule has 0 saturated carbocycles. The van der Waals surface area contributed by atoms with Crippen LogP contribution in [0.25, 0.3) is 0 Å². The van der Waals surface area contributed by atoms with E-state index in [0.717, 1.165) is 26.3 Å². The molecule has 1 aromatic heterocycles. The van der Waals surface area contributed by atoms with Gasteiger partial charge in [-0.3, -0.25) is 4.98 Å². The Balaban J connectivity index is 0.000000181. The van der Waals surface area contributed by atoms with Gasteiger partial charge in [0.15, 0.2) is 0 Å². The first-order valence-corrected chi connectivity index (χ1v) is 5.24. The molecule has 0 spiro atoms. The predicted octanol–water partition coefficient (Wildman–Crippen LogP) is -1.67. The van der Waals surface area contributed by atoms with E-state index in [-0.39, 0.29) is 5.56 Å². The van der Waals surface area contributed by atoms with Crippen LogP contribution in [0.3, 0.4) is 0 Å². The molecule has 16 heavy (non-hydrogen) atoms. The average molecular weight is 224 g/mol. The van der Waals surface area contributed by atoms with Crippen LogP contribution < -0.4 is 10.4 Å². The van der Waals surface area contributed by atoms with Crippen LogP contribution in [0, 0.1) is 6.92 Å². The van der Waals surface area contributed by atoms with E-state index in [0.29, 0.717) is 5.69 Å². The van der Waals surface area contributed by atoms with Crippen molar-refractivity contribution in [2.24, 2.45) is 0 Å². The number of ether oxygens (including phenoxy) is 1. The summed E-state index contributed by atoms with van der Waals surface area (Å²) in [5.41, 5.74) is 0.644. The molecule has 0 amide bonds. The summed E-state index contributed by atoms with van der Waals surface area (Å²) < 4.78 is 5.04. The van der Waals surface area contributed by atoms with Crippen LogP contribution in [-0.4, -0.2) is 37.3 Å². The molecule has 1 fully saturated rings. The summed E-state index contributed by atoms with van der Waals surface area (Å²) in [6, 6.07) is 3.04. The van der Waals surface area contributed by atoms with Gasteiger partial charge in [-0.1, -0.05) is 0 Å². The number of nitrogens with two attached hydrogens (primary N) is 1. The number of rotatable bonds is 1. The zero-order valence-corrected chi connectivity index (χ0v) is 9.31. The fourth-order valence-electron chi connectivity index (χ4n) is 1.28. The van der Waals surface area contributed by atoms with Gasteiger partial charge in [0.25, 0.3) is 0 Å². The molecule has 0 aromatic carbocycles. The fraction of sp³-hybridized carbons (Fsp3) is 0.455. The predicted molar refractivity (Wildman–Crippen MR) is 55.8 cm³/mol. The molecule has 1 aliphatic rings. The number of aromatic nitrogens is 1. The Labute approximate surface area is 94.5 Å². The van der Waals surface area contributed by atoms with Crippen molar-refractivity contribution in [3.8, 4) is 0 Å². The van der Waals surface area contributed by atoms with Crippen molar-refractivity contribution >= 4 is 5.97 Å². The topological polar surface area (TPSA) is 78.9 Å². The fourth-order valence-corrected chi connectivity index (χ4v) is 1.28. The highest BCUT2D eigenvalue weighted by molar-refractivity contribution is 5.86. The van der Waals surface area contributed by atoms with Crippen molar-refractivity contribution in [3.63, 3.8) is 0 Å². The molecule has 2 rings (SSSR count). The Bertz CT molecular complexity index is 326. The first kappa shape index (κ1) is 12.6. The van der Waals surface area contributed by atoms with E-state index >= 15 is 0 Å². The third-order valence-corrected chi connectivity index (χ3v) is 2.16. The van der Waals surface area contributed by atoms with Gasteiger partial charge in [0, 0.05) is 17.5 Å². The zero-order valence-electron chi connectivity index (χ0n) is 9.31. The lowest BCUT2D eigenvalue weighted by molar-refractivity contribution is -0.670. The second kappa shape index (κ2) is 6.92. The van der Waals surface area contributed by atoms with Crippen LogP contribution in [-0.2, 0) is 4.74 Å². The molecule has 5 nitrogen and oxygen atoms in total. The number of pyridine rings is 1. The maximum atomic E-state index is 10.3. The first-order chi connectivity index (χ1) is 7.72. The number of carbonyl (C=O) groups excluding carboxylic acids is 1. The van der Waals surface area contributed by atoms with E-state index in [1.165, 1.54) is 6.07 Å². The molecule has 1 saturated heterocycles. The molecule has 0 atom stereocenters. The van der Waals surface area contributed by atoms with Crippen molar-refractivity contribution in [3.05, 3.63) is 29.6 Å². The van der Waals surface area contributed by atoms with Gasteiger partial charge >= 0.3 is 0 Å². The van der Waals surface area contributed by atoms with Crippen molar-refractivity contribution < 1.29 is 20.0 Å². The quantitative estimate of drug-likeness (QED) is 0.619. The van der Waals surface area contributed by atoms with Gasteiger partial charge in [-0.15, -0.1) is 0 Å². The van der Waals surface area contributed by atoms with Gasteiger partial charge in [0.05, 0.1) is 32.3 Å². The van der Waals surface area contributed by atoms with E-state index in [4.69, 9.17) is 4.74 Å². The first-order valence-electron chi connectivity index (χ1n) is 5.24. The number of hydrogen-bond donors (Lipinski definition) is 1. The molecule has 2 N–H and O–H groups in total. The summed E-state index contributed by atoms with van der Waals surface area (Å²) in [5.74, 6) is -1.18. The van der Waals surface area contributed by atoms with Crippen molar-refractivity contribution in [2.45, 2.75) is 6.92 Å². The average Bonchev–Trinajstić information content (AvgIpc) is 2.32. The number of hydrogen-bond acceptors (Lipinski definition) is 4. The second-order valence-corrected chi connectivity index (χ2v) is 3.40. The minimum atomic E-state index is -1.18. The molecule has 0 bridgehead atoms. The third kappa shape index (κ3) is 4.37. The van der Waals surface area contributed by atoms with Crippen LogP contribution in [0.4, 0.5) is 0 Å². The Kier molecular flexibility index (Phi) is 5.45. The van der Waals surface area contributed by atoms with E-state index in [1.54, 1.807) is 19.2 Å². The van der Waals surface area contributed by atoms with Crippen LogP contribution >= 0.6 is 0 Å². The molecule has 1 aliphatic heterocycles. The molecule has 1 aromatic rings. The number of aryl methyl sites for hydroxylation is 1. The lowest BCUT2D eigenvalue weighted by atomic mass is 10.2. The highest BCUT2D eigenvalue weighted by atomic mass is 16.5. The summed E-state index contributed by atoms with van der Waals surface area (Å²) in [7, 11) is 0. The van der Waals surface area contributed by atoms with E-state index in [9.17, 15) is 9.90 Å². The molecule has 2 heterocycles. The van der Waals surface area contributed by atoms with Crippen LogP contribution in [0.5, 0.6) is 0 Å². The maximum absolute atomic E-state index is 10.3. The summed E-state index contributed by atoms with van der Waals surface area (Å²) in [6.45, 7) is 5.82. The SMILES string of the molecule is C1COCC[NH2+]1.Cc1ncccc1C(=O)[O-]. The van der Waals surface area contributed by atoms with Crippen molar-refractivity contribution in [2.75, 3.05) is 26.3 Å². The Morgan fingerprint density at radius 1 is 1.50 bits per heavy atom. The van der Waals surface area contributed by atoms with Gasteiger partial charge in [-0.05, 0) is 19.1 Å². The standard InChI is InChI=1S/C7H7NO2.C4H9NO/c1-5-6(7(9)10)3-2-4-8-5;1-3-6-4-2-5-1/h2-4H,1H3,(H,9,10);5H,1-4H2. The summed E-state index contributed by atoms with van der Waals surface area (Å²) >= 11 is 0. The largest absolute Gasteiger partial charge is 0.545 e. The molecule has 88 valence electrons. The Morgan fingerprint density at radius 2 is 2.19 bits per heavy atom. The minimum absolute atomic E-state index is 0.155. The molecule has 0 aliphatic carbocycles. The number of aromatic carboxylic acids is 1. The van der Waals surface area contributed by atoms with Gasteiger partial charge in [-0.2, -0.15) is 0 Å². The highest BCUT2D eigenvalue weighted by Gasteiger charge is 1.97. The number of carboxylic acid groups (broad SMARTS) is 1. The normalized spacial score (nSPS) is 14.8. The van der Waals surface area contributed by atoms with Crippen LogP contribution in [0.2, 0.25) is 0 Å². The molecule has 5 heteroatoms. The van der Waals surface area contributed by atoms with E-state index in [2.05, 4.69) is 10.3 Å². The van der Waals surface area contributed by atoms with Crippen molar-refractivity contribution in [1.29, 1.82) is 0 Å². The summed E-state index contributed by atoms with van der Waals surface area (Å²) in [5, 5.41) is 12.5. The van der Waals surface area contributed by atoms with E-state index < -0.39 is 5.97 Å². The number of carbonyl (C=O) groups is 1. The summed E-state index contributed by atoms with van der Waals surface area (Å²) in [4.78, 5) is 14.1. The van der Waals surface area contributed by atoms with Gasteiger partial charge < -0.3 is 20.0 Å². The highest BCUT2D eigenvalue weighted by Crippen LogP contribution is 2.00. The number of morpholine rings is 1. The lowest BCUT2D eigenvalue weighted by Gasteiger charge is -2.07. The number of carboxylic acids is 1. The maximum Gasteiger partial charge on any atom is 0.0993 e. The minimum Gasteiger partial charge on any atom is -0.545 e. The smallest absolute Gasteiger partial charge is 0.0993 e. The van der Waals surface area contributed by atoms with Crippen LogP contribution in [0.1, 0.15) is 16.1 Å². The van der Waals surface area contributed by atoms with Crippen molar-refractivity contribution in [1.82, 2.24) is 4.98 Å². The third-order valence-electron chi connectivity index (χ3n) is 2.16. The lowest BCUT2D eigenvalue weighted by Crippen LogP contribution is -2.87. The van der Waals surface area contributed by atoms with Crippen LogP contribution in [0.15, 0.2) is 18.3 Å². The Hall–Kier alpha value is -1.46. The second-order valence-electron chi connectivity index (χ2n) is 3.40. The summed E-state index contributed by atoms with van der Waals surface area (Å²) in [6.07, 6.45) is 1.54. The van der Waals surface area contributed by atoms with Gasteiger partial charge in [0.1, 0.15) is 0 Å². The van der Waals surface area contributed by atoms with Gasteiger partial charge in [-0.25, -0.2) is 0 Å². The molecule has 0 unspecified atom stereocenters. The number of nitrogens with zero attached hydrogens (tertiary/aromatic N) is 1. The molecular formula is C11H16N2O3. The monoisotopic (exact) mass is 224 g/mol. The van der Waals surface area contributed by atoms with Gasteiger partial charge in [0.2, 0.25) is 0 Å².